The molecule has 0 aliphatic rings. The summed E-state index contributed by atoms with van der Waals surface area (Å²) in [6.45, 7) is 0. The van der Waals surface area contributed by atoms with Crippen LogP contribution in [0.2, 0.25) is 0 Å². The summed E-state index contributed by atoms with van der Waals surface area (Å²) in [6.07, 6.45) is 6.23. The zero-order chi connectivity index (χ0) is 17.5. The number of rotatable bonds is 8. The van der Waals surface area contributed by atoms with Crippen LogP contribution in [0.1, 0.15) is 36.8 Å². The molecule has 0 saturated carbocycles. The molecule has 2 aromatic rings. The summed E-state index contributed by atoms with van der Waals surface area (Å²) >= 11 is 8.46. The van der Waals surface area contributed by atoms with Crippen LogP contribution < -0.4 is 10.9 Å². The Bertz CT molecular complexity index is 760. The van der Waals surface area contributed by atoms with Gasteiger partial charge in [0, 0.05) is 48.5 Å². The van der Waals surface area contributed by atoms with E-state index in [9.17, 15) is 14.4 Å². The molecule has 0 fully saturated rings. The van der Waals surface area contributed by atoms with E-state index in [2.05, 4.69) is 35.2 Å². The van der Waals surface area contributed by atoms with Crippen LogP contribution in [0.15, 0.2) is 44.2 Å². The Morgan fingerprint density at radius 2 is 1.25 bits per heavy atom. The number of H-pyrrole nitrogens is 2. The Balaban J connectivity index is 1.76. The van der Waals surface area contributed by atoms with Crippen molar-refractivity contribution < 1.29 is 4.79 Å². The van der Waals surface area contributed by atoms with Gasteiger partial charge in [0.15, 0.2) is 10.9 Å². The van der Waals surface area contributed by atoms with Crippen molar-refractivity contribution >= 4 is 31.0 Å². The number of aromatic nitrogens is 2. The van der Waals surface area contributed by atoms with Crippen LogP contribution in [0, 0.1) is 0 Å². The standard InChI is InChI=1S/C17H20N2O3S2/c20-11(3-1-5-12-14(21)7-9-18-16(12)23)4-2-6-13-15(22)8-10-19-17(13)24/h7-10H,1-6H2,(H2,18,21,23)(H2,19,22,24). The van der Waals surface area contributed by atoms with E-state index in [1.165, 1.54) is 12.1 Å². The van der Waals surface area contributed by atoms with Gasteiger partial charge < -0.3 is 9.97 Å². The van der Waals surface area contributed by atoms with Gasteiger partial charge in [0.05, 0.1) is 10.1 Å². The molecule has 2 heterocycles. The fourth-order valence-electron chi connectivity index (χ4n) is 2.53. The van der Waals surface area contributed by atoms with Crippen molar-refractivity contribution in [3.05, 3.63) is 56.1 Å². The second kappa shape index (κ2) is 8.94. The molecule has 2 N–H and O–H groups in total. The van der Waals surface area contributed by atoms with Gasteiger partial charge in [-0.25, -0.2) is 0 Å². The average molecular weight is 364 g/mol. The topological polar surface area (TPSA) is 82.8 Å². The molecule has 0 radical (unpaired) electrons. The minimum absolute atomic E-state index is 0.0594. The number of hydrogen-bond donors (Lipinski definition) is 4. The third-order valence-corrected chi connectivity index (χ3v) is 4.64. The van der Waals surface area contributed by atoms with Crippen molar-refractivity contribution in [1.29, 1.82) is 0 Å². The summed E-state index contributed by atoms with van der Waals surface area (Å²) in [5.41, 5.74) is 1.11. The molecular formula is C17H20N2O3S2. The molecule has 2 aromatic heterocycles. The normalized spacial score (nSPS) is 10.8. The second-order valence-electron chi connectivity index (χ2n) is 5.58. The quantitative estimate of drug-likeness (QED) is 0.543. The number of hydrogen-bond acceptors (Lipinski definition) is 5. The third kappa shape index (κ3) is 5.14. The van der Waals surface area contributed by atoms with Crippen molar-refractivity contribution in [2.75, 3.05) is 0 Å². The number of carbonyl (C=O) groups is 1. The van der Waals surface area contributed by atoms with E-state index in [4.69, 9.17) is 0 Å². The van der Waals surface area contributed by atoms with Crippen molar-refractivity contribution in [2.45, 2.75) is 48.6 Å². The lowest BCUT2D eigenvalue weighted by Gasteiger charge is -2.05. The molecule has 0 aliphatic carbocycles. The van der Waals surface area contributed by atoms with Crippen molar-refractivity contribution in [1.82, 2.24) is 9.97 Å². The molecule has 0 amide bonds. The highest BCUT2D eigenvalue weighted by Gasteiger charge is 2.09. The first kappa shape index (κ1) is 18.6. The molecule has 0 saturated heterocycles. The first-order valence-electron chi connectivity index (χ1n) is 7.80. The lowest BCUT2D eigenvalue weighted by atomic mass is 10.0. The highest BCUT2D eigenvalue weighted by molar-refractivity contribution is 7.80. The van der Waals surface area contributed by atoms with E-state index >= 15 is 0 Å². The highest BCUT2D eigenvalue weighted by atomic mass is 32.1. The van der Waals surface area contributed by atoms with Crippen LogP contribution in [0.25, 0.3) is 0 Å². The Labute approximate surface area is 150 Å². The minimum Gasteiger partial charge on any atom is -0.356 e. The molecule has 0 aliphatic heterocycles. The van der Waals surface area contributed by atoms with Gasteiger partial charge in [-0.3, -0.25) is 14.4 Å². The minimum atomic E-state index is -0.0594. The largest absolute Gasteiger partial charge is 0.356 e. The van der Waals surface area contributed by atoms with Crippen LogP contribution in [0.5, 0.6) is 0 Å². The summed E-state index contributed by atoms with van der Waals surface area (Å²) in [5.74, 6) is 0.135. The van der Waals surface area contributed by atoms with Gasteiger partial charge >= 0.3 is 0 Å². The lowest BCUT2D eigenvalue weighted by molar-refractivity contribution is -0.119. The maximum absolute atomic E-state index is 12.0. The summed E-state index contributed by atoms with van der Waals surface area (Å²) in [5, 5.41) is 1.11. The summed E-state index contributed by atoms with van der Waals surface area (Å²) in [4.78, 5) is 41.1. The Kier molecular flexibility index (Phi) is 6.93. The van der Waals surface area contributed by atoms with E-state index in [0.29, 0.717) is 59.7 Å². The fourth-order valence-corrected chi connectivity index (χ4v) is 3.13. The number of ketones is 1. The number of nitrogens with one attached hydrogen (secondary N) is 2. The monoisotopic (exact) mass is 364 g/mol. The highest BCUT2D eigenvalue weighted by Crippen LogP contribution is 2.12. The average Bonchev–Trinajstić information content (AvgIpc) is 2.53. The zero-order valence-electron chi connectivity index (χ0n) is 13.2. The first-order chi connectivity index (χ1) is 11.5. The van der Waals surface area contributed by atoms with Gasteiger partial charge in [-0.05, 0) is 25.7 Å². The summed E-state index contributed by atoms with van der Waals surface area (Å²) < 4.78 is 0. The van der Waals surface area contributed by atoms with Gasteiger partial charge in [0.2, 0.25) is 0 Å². The van der Waals surface area contributed by atoms with Gasteiger partial charge in [-0.1, -0.05) is 0 Å². The molecule has 5 nitrogen and oxygen atoms in total. The van der Waals surface area contributed by atoms with E-state index in [1.54, 1.807) is 12.4 Å². The summed E-state index contributed by atoms with van der Waals surface area (Å²) in [6, 6.07) is 2.92. The Hall–Kier alpha value is -1.73. The lowest BCUT2D eigenvalue weighted by Crippen LogP contribution is -2.11. The molecule has 128 valence electrons. The van der Waals surface area contributed by atoms with E-state index in [1.807, 2.05) is 0 Å². The smallest absolute Gasteiger partial charge is 0.185 e. The van der Waals surface area contributed by atoms with Crippen LogP contribution in [-0.4, -0.2) is 15.8 Å². The molecule has 0 aromatic carbocycles. The van der Waals surface area contributed by atoms with E-state index in [-0.39, 0.29) is 16.6 Å². The molecule has 2 rings (SSSR count). The predicted molar refractivity (Wildman–Crippen MR) is 99.5 cm³/mol. The van der Waals surface area contributed by atoms with Crippen LogP contribution in [0.3, 0.4) is 0 Å². The number of thiol groups is 2. The second-order valence-corrected chi connectivity index (χ2v) is 6.48. The zero-order valence-corrected chi connectivity index (χ0v) is 15.0. The molecule has 0 unspecified atom stereocenters. The van der Waals surface area contributed by atoms with Gasteiger partial charge in [0.1, 0.15) is 5.78 Å². The van der Waals surface area contributed by atoms with Crippen LogP contribution >= 0.6 is 25.3 Å². The molecule has 7 heteroatoms. The molecule has 0 atom stereocenters. The molecular weight excluding hydrogens is 344 g/mol. The van der Waals surface area contributed by atoms with Crippen LogP contribution in [-0.2, 0) is 17.6 Å². The maximum Gasteiger partial charge on any atom is 0.185 e. The fraction of sp³-hybridized carbons (Fsp3) is 0.353. The Morgan fingerprint density at radius 3 is 1.62 bits per heavy atom. The number of aromatic amines is 2. The molecule has 0 bridgehead atoms. The van der Waals surface area contributed by atoms with E-state index < -0.39 is 0 Å². The first-order valence-corrected chi connectivity index (χ1v) is 8.69. The van der Waals surface area contributed by atoms with Gasteiger partial charge in [-0.2, -0.15) is 0 Å². The molecule has 24 heavy (non-hydrogen) atoms. The maximum atomic E-state index is 12.0. The van der Waals surface area contributed by atoms with Crippen molar-refractivity contribution in [3.63, 3.8) is 0 Å². The SMILES string of the molecule is O=C(CCCc1c(S)[nH]ccc1=O)CCCc1c(S)[nH]ccc1=O. The van der Waals surface area contributed by atoms with E-state index in [0.717, 1.165) is 0 Å². The predicted octanol–water partition coefficient (Wildman–Crippen LogP) is 2.56. The summed E-state index contributed by atoms with van der Waals surface area (Å²) in [7, 11) is 0. The van der Waals surface area contributed by atoms with Crippen molar-refractivity contribution in [3.8, 4) is 0 Å². The van der Waals surface area contributed by atoms with Crippen LogP contribution in [0.4, 0.5) is 0 Å². The molecule has 0 spiro atoms. The third-order valence-electron chi connectivity index (χ3n) is 3.84. The van der Waals surface area contributed by atoms with Gasteiger partial charge in [0.25, 0.3) is 0 Å². The number of carbonyl (C=O) groups excluding carboxylic acids is 1. The Morgan fingerprint density at radius 1 is 0.833 bits per heavy atom. The number of Topliss-reactive ketones (excluding diaryl/α,β-unsaturated/α-hetero) is 1. The van der Waals surface area contributed by atoms with Gasteiger partial charge in [-0.15, -0.1) is 25.3 Å². The van der Waals surface area contributed by atoms with Crippen molar-refractivity contribution in [2.24, 2.45) is 0 Å². The number of pyridine rings is 2.